The number of methoxy groups -OCH3 is 1. The van der Waals surface area contributed by atoms with Gasteiger partial charge in [0.05, 0.1) is 17.1 Å². The third-order valence-electron chi connectivity index (χ3n) is 2.88. The van der Waals surface area contributed by atoms with Crippen molar-refractivity contribution in [1.82, 2.24) is 0 Å². The van der Waals surface area contributed by atoms with Gasteiger partial charge in [0.1, 0.15) is 6.61 Å². The SMILES string of the molecule is COCC1=C(C(=O)OCc2ccc([N+](=O)[O-])cc2)N=CSC1. The van der Waals surface area contributed by atoms with Crippen LogP contribution in [0.2, 0.25) is 0 Å². The van der Waals surface area contributed by atoms with E-state index < -0.39 is 10.9 Å². The number of nitro benzene ring substituents is 1. The third-order valence-corrected chi connectivity index (χ3v) is 3.65. The lowest BCUT2D eigenvalue weighted by Crippen LogP contribution is -2.14. The van der Waals surface area contributed by atoms with Crippen LogP contribution in [0.25, 0.3) is 0 Å². The molecule has 0 amide bonds. The predicted molar refractivity (Wildman–Crippen MR) is 82.7 cm³/mol. The van der Waals surface area contributed by atoms with Crippen LogP contribution in [0.4, 0.5) is 5.69 Å². The van der Waals surface area contributed by atoms with E-state index in [9.17, 15) is 14.9 Å². The molecule has 8 heteroatoms. The highest BCUT2D eigenvalue weighted by atomic mass is 32.2. The van der Waals surface area contributed by atoms with Gasteiger partial charge in [0.25, 0.3) is 5.69 Å². The summed E-state index contributed by atoms with van der Waals surface area (Å²) in [5.74, 6) is 0.112. The fourth-order valence-electron chi connectivity index (χ4n) is 1.80. The largest absolute Gasteiger partial charge is 0.456 e. The van der Waals surface area contributed by atoms with Crippen molar-refractivity contribution in [2.45, 2.75) is 6.61 Å². The molecule has 7 nitrogen and oxygen atoms in total. The number of hydrogen-bond acceptors (Lipinski definition) is 7. The van der Waals surface area contributed by atoms with Gasteiger partial charge in [-0.25, -0.2) is 9.79 Å². The van der Waals surface area contributed by atoms with Crippen molar-refractivity contribution >= 4 is 29.0 Å². The molecule has 0 saturated carbocycles. The number of carbonyl (C=O) groups excluding carboxylic acids is 1. The highest BCUT2D eigenvalue weighted by Gasteiger charge is 2.19. The Bertz CT molecular complexity index is 625. The fourth-order valence-corrected chi connectivity index (χ4v) is 2.48. The van der Waals surface area contributed by atoms with Crippen molar-refractivity contribution in [2.24, 2.45) is 4.99 Å². The molecule has 1 heterocycles. The number of esters is 1. The van der Waals surface area contributed by atoms with Crippen molar-refractivity contribution < 1.29 is 19.2 Å². The van der Waals surface area contributed by atoms with Crippen LogP contribution in [0.5, 0.6) is 0 Å². The minimum absolute atomic E-state index is 0.00549. The fraction of sp³-hybridized carbons (Fsp3) is 0.286. The van der Waals surface area contributed by atoms with Gasteiger partial charge in [-0.3, -0.25) is 10.1 Å². The molecule has 0 fully saturated rings. The second-order valence-corrected chi connectivity index (χ2v) is 5.26. The van der Waals surface area contributed by atoms with Crippen LogP contribution >= 0.6 is 11.8 Å². The van der Waals surface area contributed by atoms with Gasteiger partial charge in [-0.15, -0.1) is 11.8 Å². The summed E-state index contributed by atoms with van der Waals surface area (Å²) in [6, 6.07) is 5.84. The molecular formula is C14H14N2O5S. The minimum Gasteiger partial charge on any atom is -0.456 e. The van der Waals surface area contributed by atoms with Crippen LogP contribution < -0.4 is 0 Å². The monoisotopic (exact) mass is 322 g/mol. The van der Waals surface area contributed by atoms with Gasteiger partial charge < -0.3 is 9.47 Å². The Hall–Kier alpha value is -2.19. The van der Waals surface area contributed by atoms with E-state index in [2.05, 4.69) is 4.99 Å². The van der Waals surface area contributed by atoms with E-state index in [1.54, 1.807) is 24.8 Å². The minimum atomic E-state index is -0.526. The topological polar surface area (TPSA) is 91.0 Å². The van der Waals surface area contributed by atoms with Gasteiger partial charge in [0.2, 0.25) is 0 Å². The summed E-state index contributed by atoms with van der Waals surface area (Å²) in [5.41, 5.74) is 3.31. The third kappa shape index (κ3) is 4.15. The van der Waals surface area contributed by atoms with E-state index in [0.29, 0.717) is 17.9 Å². The molecule has 0 aromatic heterocycles. The Morgan fingerprint density at radius 1 is 1.36 bits per heavy atom. The molecular weight excluding hydrogens is 308 g/mol. The Morgan fingerprint density at radius 2 is 2.09 bits per heavy atom. The van der Waals surface area contributed by atoms with Gasteiger partial charge in [0, 0.05) is 25.0 Å². The maximum atomic E-state index is 12.1. The van der Waals surface area contributed by atoms with Gasteiger partial charge in [-0.05, 0) is 23.3 Å². The van der Waals surface area contributed by atoms with Crippen LogP contribution in [0.3, 0.4) is 0 Å². The molecule has 116 valence electrons. The molecule has 22 heavy (non-hydrogen) atoms. The normalized spacial score (nSPS) is 14.0. The number of nitro groups is 1. The number of carbonyl (C=O) groups is 1. The maximum Gasteiger partial charge on any atom is 0.357 e. The van der Waals surface area contributed by atoms with Crippen LogP contribution in [-0.4, -0.2) is 35.9 Å². The molecule has 0 saturated heterocycles. The number of non-ortho nitro benzene ring substituents is 1. The first-order valence-electron chi connectivity index (χ1n) is 6.37. The van der Waals surface area contributed by atoms with Crippen LogP contribution in [-0.2, 0) is 20.9 Å². The molecule has 0 N–H and O–H groups in total. The molecule has 0 atom stereocenters. The lowest BCUT2D eigenvalue weighted by molar-refractivity contribution is -0.384. The van der Waals surface area contributed by atoms with Crippen molar-refractivity contribution in [3.63, 3.8) is 0 Å². The van der Waals surface area contributed by atoms with Crippen LogP contribution in [0, 0.1) is 10.1 Å². The molecule has 0 spiro atoms. The smallest absolute Gasteiger partial charge is 0.357 e. The zero-order valence-electron chi connectivity index (χ0n) is 11.9. The predicted octanol–water partition coefficient (Wildman–Crippen LogP) is 2.31. The molecule has 2 rings (SSSR count). The van der Waals surface area contributed by atoms with Gasteiger partial charge in [-0.2, -0.15) is 0 Å². The molecule has 1 aliphatic heterocycles. The lowest BCUT2D eigenvalue weighted by atomic mass is 10.2. The number of thioether (sulfide) groups is 1. The maximum absolute atomic E-state index is 12.1. The summed E-state index contributed by atoms with van der Waals surface area (Å²) in [4.78, 5) is 26.2. The van der Waals surface area contributed by atoms with Gasteiger partial charge in [-0.1, -0.05) is 0 Å². The zero-order valence-corrected chi connectivity index (χ0v) is 12.7. The molecule has 0 bridgehead atoms. The molecule has 0 aliphatic carbocycles. The number of hydrogen-bond donors (Lipinski definition) is 0. The Kier molecular flexibility index (Phi) is 5.68. The van der Waals surface area contributed by atoms with E-state index in [-0.39, 0.29) is 18.0 Å². The second kappa shape index (κ2) is 7.71. The Morgan fingerprint density at radius 3 is 2.73 bits per heavy atom. The van der Waals surface area contributed by atoms with E-state index >= 15 is 0 Å². The van der Waals surface area contributed by atoms with Crippen LogP contribution in [0.1, 0.15) is 5.56 Å². The van der Waals surface area contributed by atoms with Crippen molar-refractivity contribution in [2.75, 3.05) is 19.5 Å². The number of benzene rings is 1. The Balaban J connectivity index is 1.99. The quantitative estimate of drug-likeness (QED) is 0.453. The number of nitrogens with zero attached hydrogens (tertiary/aromatic N) is 2. The number of rotatable bonds is 6. The summed E-state index contributed by atoms with van der Waals surface area (Å²) in [5, 5.41) is 10.6. The zero-order chi connectivity index (χ0) is 15.9. The van der Waals surface area contributed by atoms with Crippen LogP contribution in [0.15, 0.2) is 40.5 Å². The standard InChI is InChI=1S/C14H14N2O5S/c1-20-7-11-8-22-9-15-13(11)14(17)21-6-10-2-4-12(5-3-10)16(18)19/h2-5,9H,6-8H2,1H3. The van der Waals surface area contributed by atoms with E-state index in [1.807, 2.05) is 0 Å². The summed E-state index contributed by atoms with van der Waals surface area (Å²) in [6.45, 7) is 0.357. The van der Waals surface area contributed by atoms with Crippen molar-refractivity contribution in [3.05, 3.63) is 51.2 Å². The molecule has 1 aromatic carbocycles. The highest BCUT2D eigenvalue weighted by molar-refractivity contribution is 8.12. The summed E-state index contributed by atoms with van der Waals surface area (Å²) < 4.78 is 10.2. The van der Waals surface area contributed by atoms with Gasteiger partial charge >= 0.3 is 5.97 Å². The lowest BCUT2D eigenvalue weighted by Gasteiger charge is -2.13. The van der Waals surface area contributed by atoms with Gasteiger partial charge in [0.15, 0.2) is 5.70 Å². The average molecular weight is 322 g/mol. The number of aliphatic imine (C=N–C) groups is 1. The summed E-state index contributed by atoms with van der Waals surface area (Å²) >= 11 is 1.48. The average Bonchev–Trinajstić information content (AvgIpc) is 2.54. The molecule has 1 aromatic rings. The highest BCUT2D eigenvalue weighted by Crippen LogP contribution is 2.20. The Labute approximate surface area is 131 Å². The van der Waals surface area contributed by atoms with E-state index in [4.69, 9.17) is 9.47 Å². The van der Waals surface area contributed by atoms with E-state index in [0.717, 1.165) is 5.57 Å². The molecule has 0 unspecified atom stereocenters. The van der Waals surface area contributed by atoms with E-state index in [1.165, 1.54) is 23.9 Å². The second-order valence-electron chi connectivity index (χ2n) is 4.43. The first-order chi connectivity index (χ1) is 10.6. The first kappa shape index (κ1) is 16.2. The molecule has 1 aliphatic rings. The van der Waals surface area contributed by atoms with Crippen molar-refractivity contribution in [1.29, 1.82) is 0 Å². The van der Waals surface area contributed by atoms with Crippen molar-refractivity contribution in [3.8, 4) is 0 Å². The first-order valence-corrected chi connectivity index (χ1v) is 7.42. The molecule has 0 radical (unpaired) electrons. The summed E-state index contributed by atoms with van der Waals surface area (Å²) in [6.07, 6.45) is 0. The number of ether oxygens (including phenoxy) is 2. The summed E-state index contributed by atoms with van der Waals surface area (Å²) in [7, 11) is 1.55.